The van der Waals surface area contributed by atoms with Gasteiger partial charge in [0.2, 0.25) is 0 Å². The molecule has 0 saturated carbocycles. The molecule has 0 unspecified atom stereocenters. The van der Waals surface area contributed by atoms with Gasteiger partial charge in [-0.05, 0) is 31.2 Å². The molecule has 0 spiro atoms. The second kappa shape index (κ2) is 6.91. The fraction of sp³-hybridized carbons (Fsp3) is 0.133. The van der Waals surface area contributed by atoms with Crippen LogP contribution in [0, 0.1) is 10.1 Å². The maximum absolute atomic E-state index is 12.2. The lowest BCUT2D eigenvalue weighted by Crippen LogP contribution is -2.13. The normalized spacial score (nSPS) is 10.1. The standard InChI is InChI=1S/C15H13ClN2O4/c1-2-22-14-7-6-11(16)9-13(14)17-15(19)10-4-3-5-12(8-10)18(20)21/h3-9H,2H2,1H3,(H,17,19). The van der Waals surface area contributed by atoms with E-state index < -0.39 is 10.8 Å². The molecular weight excluding hydrogens is 308 g/mol. The van der Waals surface area contributed by atoms with Crippen molar-refractivity contribution in [3.8, 4) is 5.75 Å². The van der Waals surface area contributed by atoms with E-state index in [0.29, 0.717) is 23.1 Å². The predicted octanol–water partition coefficient (Wildman–Crippen LogP) is 3.90. The van der Waals surface area contributed by atoms with E-state index in [0.717, 1.165) is 0 Å². The molecule has 0 fully saturated rings. The minimum Gasteiger partial charge on any atom is -0.492 e. The van der Waals surface area contributed by atoms with Crippen LogP contribution in [0.3, 0.4) is 0 Å². The molecule has 114 valence electrons. The highest BCUT2D eigenvalue weighted by molar-refractivity contribution is 6.31. The maximum Gasteiger partial charge on any atom is 0.270 e. The van der Waals surface area contributed by atoms with Crippen LogP contribution in [0.15, 0.2) is 42.5 Å². The Morgan fingerprint density at radius 3 is 2.77 bits per heavy atom. The number of nitro groups is 1. The molecule has 2 aromatic rings. The molecule has 2 aromatic carbocycles. The number of hydrogen-bond donors (Lipinski definition) is 1. The summed E-state index contributed by atoms with van der Waals surface area (Å²) in [6, 6.07) is 10.3. The highest BCUT2D eigenvalue weighted by Crippen LogP contribution is 2.28. The van der Waals surface area contributed by atoms with Gasteiger partial charge in [0.05, 0.1) is 17.2 Å². The molecule has 1 N–H and O–H groups in total. The molecule has 1 amide bonds. The average molecular weight is 321 g/mol. The zero-order valence-corrected chi connectivity index (χ0v) is 12.5. The van der Waals surface area contributed by atoms with Crippen LogP contribution in [0.2, 0.25) is 5.02 Å². The van der Waals surface area contributed by atoms with Crippen molar-refractivity contribution in [1.29, 1.82) is 0 Å². The van der Waals surface area contributed by atoms with Crippen molar-refractivity contribution < 1.29 is 14.5 Å². The number of halogens is 1. The molecule has 0 aromatic heterocycles. The van der Waals surface area contributed by atoms with E-state index in [1.807, 2.05) is 6.92 Å². The topological polar surface area (TPSA) is 81.5 Å². The van der Waals surface area contributed by atoms with Crippen molar-refractivity contribution in [1.82, 2.24) is 0 Å². The summed E-state index contributed by atoms with van der Waals surface area (Å²) in [5.74, 6) is -0.00222. The van der Waals surface area contributed by atoms with Gasteiger partial charge in [-0.3, -0.25) is 14.9 Å². The van der Waals surface area contributed by atoms with Gasteiger partial charge in [-0.15, -0.1) is 0 Å². The summed E-state index contributed by atoms with van der Waals surface area (Å²) in [5.41, 5.74) is 0.436. The Labute approximate surface area is 131 Å². The molecule has 7 heteroatoms. The number of nitro benzene ring substituents is 1. The molecule has 0 saturated heterocycles. The van der Waals surface area contributed by atoms with Gasteiger partial charge in [0.1, 0.15) is 5.75 Å². The smallest absolute Gasteiger partial charge is 0.270 e. The van der Waals surface area contributed by atoms with Crippen molar-refractivity contribution in [3.63, 3.8) is 0 Å². The SMILES string of the molecule is CCOc1ccc(Cl)cc1NC(=O)c1cccc([N+](=O)[O-])c1. The van der Waals surface area contributed by atoms with Crippen LogP contribution in [0.4, 0.5) is 11.4 Å². The molecule has 22 heavy (non-hydrogen) atoms. The largest absolute Gasteiger partial charge is 0.492 e. The predicted molar refractivity (Wildman–Crippen MR) is 83.7 cm³/mol. The minimum absolute atomic E-state index is 0.149. The van der Waals surface area contributed by atoms with Gasteiger partial charge in [-0.25, -0.2) is 0 Å². The molecule has 0 aliphatic heterocycles. The second-order valence-electron chi connectivity index (χ2n) is 4.34. The minimum atomic E-state index is -0.554. The molecule has 6 nitrogen and oxygen atoms in total. The summed E-state index contributed by atoms with van der Waals surface area (Å²) < 4.78 is 5.41. The first-order chi connectivity index (χ1) is 10.5. The lowest BCUT2D eigenvalue weighted by Gasteiger charge is -2.12. The molecule has 0 atom stereocenters. The second-order valence-corrected chi connectivity index (χ2v) is 4.77. The van der Waals surface area contributed by atoms with E-state index >= 15 is 0 Å². The first-order valence-electron chi connectivity index (χ1n) is 6.49. The Morgan fingerprint density at radius 1 is 1.32 bits per heavy atom. The van der Waals surface area contributed by atoms with E-state index in [2.05, 4.69) is 5.32 Å². The van der Waals surface area contributed by atoms with Crippen molar-refractivity contribution in [2.75, 3.05) is 11.9 Å². The average Bonchev–Trinajstić information content (AvgIpc) is 2.50. The van der Waals surface area contributed by atoms with Crippen LogP contribution in [0.1, 0.15) is 17.3 Å². The number of ether oxygens (including phenoxy) is 1. The van der Waals surface area contributed by atoms with Crippen molar-refractivity contribution in [2.24, 2.45) is 0 Å². The third kappa shape index (κ3) is 3.73. The monoisotopic (exact) mass is 320 g/mol. The summed E-state index contributed by atoms with van der Waals surface area (Å²) in [5, 5.41) is 13.8. The van der Waals surface area contributed by atoms with Crippen molar-refractivity contribution in [3.05, 3.63) is 63.2 Å². The van der Waals surface area contributed by atoms with E-state index in [9.17, 15) is 14.9 Å². The Morgan fingerprint density at radius 2 is 2.09 bits per heavy atom. The Bertz CT molecular complexity index is 718. The van der Waals surface area contributed by atoms with E-state index in [1.165, 1.54) is 24.3 Å². The number of anilines is 1. The van der Waals surface area contributed by atoms with Crippen molar-refractivity contribution >= 4 is 28.9 Å². The fourth-order valence-electron chi connectivity index (χ4n) is 1.84. The van der Waals surface area contributed by atoms with Crippen LogP contribution in [0.5, 0.6) is 5.75 Å². The summed E-state index contributed by atoms with van der Waals surface area (Å²) in [7, 11) is 0. The molecule has 0 aliphatic carbocycles. The number of non-ortho nitro benzene ring substituents is 1. The summed E-state index contributed by atoms with van der Waals surface area (Å²) in [4.78, 5) is 22.4. The number of amides is 1. The van der Waals surface area contributed by atoms with Gasteiger partial charge in [0.15, 0.2) is 0 Å². The number of carbonyl (C=O) groups excluding carboxylic acids is 1. The van der Waals surface area contributed by atoms with E-state index in [1.54, 1.807) is 18.2 Å². The quantitative estimate of drug-likeness (QED) is 0.669. The summed E-state index contributed by atoms with van der Waals surface area (Å²) in [6.45, 7) is 2.25. The summed E-state index contributed by atoms with van der Waals surface area (Å²) >= 11 is 5.92. The highest BCUT2D eigenvalue weighted by atomic mass is 35.5. The Hall–Kier alpha value is -2.60. The van der Waals surface area contributed by atoms with Crippen LogP contribution < -0.4 is 10.1 Å². The van der Waals surface area contributed by atoms with Crippen molar-refractivity contribution in [2.45, 2.75) is 6.92 Å². The lowest BCUT2D eigenvalue weighted by atomic mass is 10.2. The first kappa shape index (κ1) is 15.8. The number of nitrogens with one attached hydrogen (secondary N) is 1. The zero-order chi connectivity index (χ0) is 16.1. The van der Waals surface area contributed by atoms with Gasteiger partial charge >= 0.3 is 0 Å². The fourth-order valence-corrected chi connectivity index (χ4v) is 2.01. The van der Waals surface area contributed by atoms with Crippen LogP contribution in [0.25, 0.3) is 0 Å². The molecule has 0 bridgehead atoms. The zero-order valence-electron chi connectivity index (χ0n) is 11.7. The van der Waals surface area contributed by atoms with E-state index in [4.69, 9.17) is 16.3 Å². The van der Waals surface area contributed by atoms with Crippen LogP contribution in [-0.4, -0.2) is 17.4 Å². The number of carbonyl (C=O) groups is 1. The Kier molecular flexibility index (Phi) is 4.95. The molecule has 2 rings (SSSR count). The molecular formula is C15H13ClN2O4. The highest BCUT2D eigenvalue weighted by Gasteiger charge is 2.14. The third-order valence-corrected chi connectivity index (χ3v) is 3.04. The Balaban J connectivity index is 2.27. The first-order valence-corrected chi connectivity index (χ1v) is 6.87. The van der Waals surface area contributed by atoms with E-state index in [-0.39, 0.29) is 11.3 Å². The number of nitrogens with zero attached hydrogens (tertiary/aromatic N) is 1. The lowest BCUT2D eigenvalue weighted by molar-refractivity contribution is -0.384. The van der Waals surface area contributed by atoms with Gasteiger partial charge in [-0.1, -0.05) is 17.7 Å². The molecule has 0 aliphatic rings. The molecule has 0 radical (unpaired) electrons. The maximum atomic E-state index is 12.2. The van der Waals surface area contributed by atoms with Gasteiger partial charge in [0, 0.05) is 22.7 Å². The van der Waals surface area contributed by atoms with Gasteiger partial charge in [0.25, 0.3) is 11.6 Å². The van der Waals surface area contributed by atoms with Crippen LogP contribution in [-0.2, 0) is 0 Å². The van der Waals surface area contributed by atoms with Crippen LogP contribution >= 0.6 is 11.6 Å². The van der Waals surface area contributed by atoms with Gasteiger partial charge in [-0.2, -0.15) is 0 Å². The summed E-state index contributed by atoms with van der Waals surface area (Å²) in [6.07, 6.45) is 0. The molecule has 0 heterocycles. The number of benzene rings is 2. The third-order valence-electron chi connectivity index (χ3n) is 2.81. The van der Waals surface area contributed by atoms with Gasteiger partial charge < -0.3 is 10.1 Å². The number of rotatable bonds is 5. The number of hydrogen-bond acceptors (Lipinski definition) is 4.